The highest BCUT2D eigenvalue weighted by atomic mass is 15.2. The lowest BCUT2D eigenvalue weighted by Gasteiger charge is -2.21. The average molecular weight is 219 g/mol. The van der Waals surface area contributed by atoms with Crippen LogP contribution in [0.5, 0.6) is 0 Å². The monoisotopic (exact) mass is 219 g/mol. The van der Waals surface area contributed by atoms with Gasteiger partial charge in [0.1, 0.15) is 12.1 Å². The molecule has 3 heteroatoms. The van der Waals surface area contributed by atoms with Crippen molar-refractivity contribution in [2.45, 2.75) is 40.0 Å². The quantitative estimate of drug-likeness (QED) is 0.688. The van der Waals surface area contributed by atoms with Crippen LogP contribution >= 0.6 is 0 Å². The van der Waals surface area contributed by atoms with E-state index in [0.717, 1.165) is 23.6 Å². The second kappa shape index (κ2) is 6.26. The zero-order chi connectivity index (χ0) is 12.0. The third kappa shape index (κ3) is 3.05. The summed E-state index contributed by atoms with van der Waals surface area (Å²) in [5.74, 6) is 0.985. The highest BCUT2D eigenvalue weighted by molar-refractivity contribution is 5.49. The number of aromatic nitrogens is 2. The van der Waals surface area contributed by atoms with Gasteiger partial charge in [0.2, 0.25) is 0 Å². The van der Waals surface area contributed by atoms with E-state index in [1.54, 1.807) is 6.33 Å². The van der Waals surface area contributed by atoms with Gasteiger partial charge < -0.3 is 4.90 Å². The smallest absolute Gasteiger partial charge is 0.139 e. The molecule has 1 aromatic heterocycles. The van der Waals surface area contributed by atoms with Gasteiger partial charge in [0.25, 0.3) is 0 Å². The minimum Gasteiger partial charge on any atom is -0.333 e. The van der Waals surface area contributed by atoms with Crippen LogP contribution in [0.2, 0.25) is 0 Å². The predicted octanol–water partition coefficient (Wildman–Crippen LogP) is 3.23. The molecular formula is C13H21N3. The number of aryl methyl sites for hydroxylation is 1. The number of unbranched alkanes of at least 4 members (excludes halogenated alkanes) is 2. The van der Waals surface area contributed by atoms with Crippen molar-refractivity contribution in [3.05, 3.63) is 30.4 Å². The lowest BCUT2D eigenvalue weighted by molar-refractivity contribution is 0.709. The van der Waals surface area contributed by atoms with Crippen molar-refractivity contribution in [2.75, 3.05) is 11.4 Å². The minimum atomic E-state index is 0.981. The molecule has 0 saturated heterocycles. The van der Waals surface area contributed by atoms with Crippen molar-refractivity contribution in [3.63, 3.8) is 0 Å². The van der Waals surface area contributed by atoms with E-state index < -0.39 is 0 Å². The van der Waals surface area contributed by atoms with Gasteiger partial charge in [-0.1, -0.05) is 26.3 Å². The molecule has 0 radical (unpaired) electrons. The van der Waals surface area contributed by atoms with E-state index in [9.17, 15) is 0 Å². The Morgan fingerprint density at radius 1 is 1.31 bits per heavy atom. The van der Waals surface area contributed by atoms with E-state index in [-0.39, 0.29) is 0 Å². The number of nitrogens with zero attached hydrogens (tertiary/aromatic N) is 3. The Hall–Kier alpha value is -1.38. The normalized spacial score (nSPS) is 10.2. The fourth-order valence-corrected chi connectivity index (χ4v) is 1.63. The molecule has 16 heavy (non-hydrogen) atoms. The van der Waals surface area contributed by atoms with E-state index in [4.69, 9.17) is 0 Å². The van der Waals surface area contributed by atoms with Crippen LogP contribution in [0.1, 0.15) is 37.4 Å². The van der Waals surface area contributed by atoms with Crippen molar-refractivity contribution in [1.82, 2.24) is 9.97 Å². The lowest BCUT2D eigenvalue weighted by Crippen LogP contribution is -2.20. The molecule has 0 aromatic carbocycles. The second-order valence-electron chi connectivity index (χ2n) is 3.99. The Balaban J connectivity index is 2.78. The SMILES string of the molecule is C=CN(CCCCC)c1ncnc(C)c1C. The standard InChI is InChI=1S/C13H21N3/c1-5-7-8-9-16(6-2)13-11(3)12(4)14-10-15-13/h6,10H,2,5,7-9H2,1,3-4H3. The highest BCUT2D eigenvalue weighted by Gasteiger charge is 2.09. The van der Waals surface area contributed by atoms with Gasteiger partial charge in [0.05, 0.1) is 0 Å². The molecule has 0 amide bonds. The molecule has 0 N–H and O–H groups in total. The Morgan fingerprint density at radius 2 is 2.06 bits per heavy atom. The van der Waals surface area contributed by atoms with Crippen LogP contribution < -0.4 is 4.90 Å². The summed E-state index contributed by atoms with van der Waals surface area (Å²) in [7, 11) is 0. The van der Waals surface area contributed by atoms with Crippen LogP contribution in [0.25, 0.3) is 0 Å². The molecule has 0 unspecified atom stereocenters. The molecule has 0 saturated carbocycles. The van der Waals surface area contributed by atoms with Crippen LogP contribution in [0.4, 0.5) is 5.82 Å². The molecule has 1 rings (SSSR count). The van der Waals surface area contributed by atoms with Gasteiger partial charge in [-0.05, 0) is 26.5 Å². The van der Waals surface area contributed by atoms with E-state index in [1.165, 1.54) is 19.3 Å². The molecule has 0 spiro atoms. The van der Waals surface area contributed by atoms with Crippen LogP contribution in [-0.2, 0) is 0 Å². The van der Waals surface area contributed by atoms with Crippen LogP contribution in [0.3, 0.4) is 0 Å². The third-order valence-corrected chi connectivity index (χ3v) is 2.80. The van der Waals surface area contributed by atoms with Gasteiger partial charge in [-0.25, -0.2) is 9.97 Å². The van der Waals surface area contributed by atoms with Crippen LogP contribution in [-0.4, -0.2) is 16.5 Å². The summed E-state index contributed by atoms with van der Waals surface area (Å²) < 4.78 is 0. The second-order valence-corrected chi connectivity index (χ2v) is 3.99. The lowest BCUT2D eigenvalue weighted by atomic mass is 10.2. The van der Waals surface area contributed by atoms with Gasteiger partial charge in [-0.2, -0.15) is 0 Å². The molecule has 1 heterocycles. The first kappa shape index (κ1) is 12.7. The molecule has 0 atom stereocenters. The summed E-state index contributed by atoms with van der Waals surface area (Å²) in [6, 6.07) is 0. The summed E-state index contributed by atoms with van der Waals surface area (Å²) in [6.07, 6.45) is 7.11. The van der Waals surface area contributed by atoms with E-state index in [0.29, 0.717) is 0 Å². The average Bonchev–Trinajstić information content (AvgIpc) is 2.29. The molecule has 0 aliphatic heterocycles. The van der Waals surface area contributed by atoms with Gasteiger partial charge in [0.15, 0.2) is 0 Å². The first-order chi connectivity index (χ1) is 7.70. The van der Waals surface area contributed by atoms with Crippen molar-refractivity contribution >= 4 is 5.82 Å². The van der Waals surface area contributed by atoms with Crippen LogP contribution in [0.15, 0.2) is 19.1 Å². The summed E-state index contributed by atoms with van der Waals surface area (Å²) in [5, 5.41) is 0. The molecule has 88 valence electrons. The fourth-order valence-electron chi connectivity index (χ4n) is 1.63. The van der Waals surface area contributed by atoms with E-state index in [1.807, 2.05) is 13.1 Å². The maximum absolute atomic E-state index is 4.33. The van der Waals surface area contributed by atoms with Crippen molar-refractivity contribution in [1.29, 1.82) is 0 Å². The predicted molar refractivity (Wildman–Crippen MR) is 68.6 cm³/mol. The summed E-state index contributed by atoms with van der Waals surface area (Å²) in [5.41, 5.74) is 2.17. The highest BCUT2D eigenvalue weighted by Crippen LogP contribution is 2.18. The molecule has 0 aliphatic rings. The van der Waals surface area contributed by atoms with Crippen molar-refractivity contribution < 1.29 is 0 Å². The van der Waals surface area contributed by atoms with E-state index in [2.05, 4.69) is 35.3 Å². The molecule has 0 fully saturated rings. The Kier molecular flexibility index (Phi) is 4.96. The molecule has 3 nitrogen and oxygen atoms in total. The zero-order valence-corrected chi connectivity index (χ0v) is 10.5. The molecular weight excluding hydrogens is 198 g/mol. The van der Waals surface area contributed by atoms with Gasteiger partial charge in [0, 0.05) is 17.8 Å². The largest absolute Gasteiger partial charge is 0.333 e. The van der Waals surface area contributed by atoms with Crippen LogP contribution in [0, 0.1) is 13.8 Å². The van der Waals surface area contributed by atoms with Crippen molar-refractivity contribution in [3.8, 4) is 0 Å². The third-order valence-electron chi connectivity index (χ3n) is 2.80. The Bertz CT molecular complexity index is 347. The van der Waals surface area contributed by atoms with Crippen molar-refractivity contribution in [2.24, 2.45) is 0 Å². The minimum absolute atomic E-state index is 0.981. The zero-order valence-electron chi connectivity index (χ0n) is 10.5. The molecule has 0 aliphatic carbocycles. The summed E-state index contributed by atoms with van der Waals surface area (Å²) in [6.45, 7) is 11.1. The number of anilines is 1. The molecule has 1 aromatic rings. The topological polar surface area (TPSA) is 29.0 Å². The maximum Gasteiger partial charge on any atom is 0.139 e. The fraction of sp³-hybridized carbons (Fsp3) is 0.538. The number of hydrogen-bond donors (Lipinski definition) is 0. The number of hydrogen-bond acceptors (Lipinski definition) is 3. The summed E-state index contributed by atoms with van der Waals surface area (Å²) in [4.78, 5) is 10.6. The first-order valence-corrected chi connectivity index (χ1v) is 5.88. The maximum atomic E-state index is 4.33. The molecule has 0 bridgehead atoms. The Morgan fingerprint density at radius 3 is 2.69 bits per heavy atom. The van der Waals surface area contributed by atoms with Gasteiger partial charge >= 0.3 is 0 Å². The summed E-state index contributed by atoms with van der Waals surface area (Å²) >= 11 is 0. The van der Waals surface area contributed by atoms with E-state index >= 15 is 0 Å². The van der Waals surface area contributed by atoms with Gasteiger partial charge in [-0.3, -0.25) is 0 Å². The van der Waals surface area contributed by atoms with Gasteiger partial charge in [-0.15, -0.1) is 0 Å². The Labute approximate surface area is 98.2 Å². The first-order valence-electron chi connectivity index (χ1n) is 5.88. The number of rotatable bonds is 6.